The smallest absolute Gasteiger partial charge is 0.141 e. The number of anilines is 1. The molecule has 3 heteroatoms. The molecule has 0 fully saturated rings. The third kappa shape index (κ3) is 4.26. The summed E-state index contributed by atoms with van der Waals surface area (Å²) in [5, 5.41) is 0. The quantitative estimate of drug-likeness (QED) is 0.566. The van der Waals surface area contributed by atoms with Crippen LogP contribution in [0.3, 0.4) is 0 Å². The molecule has 0 saturated carbocycles. The molecule has 0 aliphatic heterocycles. The maximum Gasteiger partial charge on any atom is 0.141 e. The van der Waals surface area contributed by atoms with Crippen LogP contribution >= 0.6 is 0 Å². The van der Waals surface area contributed by atoms with Crippen LogP contribution in [0.2, 0.25) is 0 Å². The summed E-state index contributed by atoms with van der Waals surface area (Å²) in [6.07, 6.45) is 4.77. The van der Waals surface area contributed by atoms with Gasteiger partial charge in [0.1, 0.15) is 5.75 Å². The molecule has 1 rings (SSSR count). The second-order valence-electron chi connectivity index (χ2n) is 4.16. The number of nitrogens with two attached hydrogens (primary N) is 1. The summed E-state index contributed by atoms with van der Waals surface area (Å²) < 4.78 is 5.14. The summed E-state index contributed by atoms with van der Waals surface area (Å²) in [5.74, 6) is 0.729. The van der Waals surface area contributed by atoms with Crippen molar-refractivity contribution in [2.75, 3.05) is 32.5 Å². The van der Waals surface area contributed by atoms with Crippen molar-refractivity contribution in [3.05, 3.63) is 49.1 Å². The zero-order valence-electron chi connectivity index (χ0n) is 11.1. The van der Waals surface area contributed by atoms with Gasteiger partial charge in [0.05, 0.1) is 12.8 Å². The van der Waals surface area contributed by atoms with Crippen molar-refractivity contribution in [2.45, 2.75) is 6.42 Å². The topological polar surface area (TPSA) is 38.5 Å². The number of hydrogen-bond donors (Lipinski definition) is 1. The zero-order valence-corrected chi connectivity index (χ0v) is 11.1. The van der Waals surface area contributed by atoms with E-state index in [-0.39, 0.29) is 0 Å². The van der Waals surface area contributed by atoms with Crippen LogP contribution in [-0.4, -0.2) is 31.6 Å². The summed E-state index contributed by atoms with van der Waals surface area (Å²) in [6.45, 7) is 10.2. The molecule has 2 N–H and O–H groups in total. The Kier molecular flexibility index (Phi) is 6.01. The average molecular weight is 246 g/mol. The van der Waals surface area contributed by atoms with Crippen molar-refractivity contribution in [3.8, 4) is 5.75 Å². The maximum atomic E-state index is 5.88. The summed E-state index contributed by atoms with van der Waals surface area (Å²) in [4.78, 5) is 2.28. The third-order valence-electron chi connectivity index (χ3n) is 2.79. The lowest BCUT2D eigenvalue weighted by Crippen LogP contribution is -2.26. The van der Waals surface area contributed by atoms with Crippen molar-refractivity contribution in [1.82, 2.24) is 4.90 Å². The lowest BCUT2D eigenvalue weighted by molar-refractivity contribution is 0.340. The number of hydrogen-bond acceptors (Lipinski definition) is 3. The number of nitrogen functional groups attached to an aromatic ring is 1. The molecule has 0 aliphatic rings. The molecular weight excluding hydrogens is 224 g/mol. The van der Waals surface area contributed by atoms with Crippen LogP contribution in [0.25, 0.3) is 0 Å². The standard InChI is InChI=1S/C15H22N2O/c1-4-9-17(10-5-2)11-8-13-6-7-15(18-3)14(16)12-13/h4-7,12H,1-2,8-11,16H2,3H3. The van der Waals surface area contributed by atoms with Gasteiger partial charge in [-0.15, -0.1) is 13.2 Å². The lowest BCUT2D eigenvalue weighted by Gasteiger charge is -2.18. The van der Waals surface area contributed by atoms with Gasteiger partial charge in [0.2, 0.25) is 0 Å². The monoisotopic (exact) mass is 246 g/mol. The number of ether oxygens (including phenoxy) is 1. The molecule has 0 radical (unpaired) electrons. The Bertz CT molecular complexity index is 391. The van der Waals surface area contributed by atoms with Gasteiger partial charge in [-0.05, 0) is 24.1 Å². The van der Waals surface area contributed by atoms with Crippen molar-refractivity contribution >= 4 is 5.69 Å². The third-order valence-corrected chi connectivity index (χ3v) is 2.79. The maximum absolute atomic E-state index is 5.88. The molecule has 0 aromatic heterocycles. The summed E-state index contributed by atoms with van der Waals surface area (Å²) in [7, 11) is 1.63. The zero-order chi connectivity index (χ0) is 13.4. The Balaban J connectivity index is 2.58. The second-order valence-corrected chi connectivity index (χ2v) is 4.16. The van der Waals surface area contributed by atoms with Crippen LogP contribution in [0.5, 0.6) is 5.75 Å². The van der Waals surface area contributed by atoms with Crippen LogP contribution in [0, 0.1) is 0 Å². The Hall–Kier alpha value is -1.74. The predicted molar refractivity (Wildman–Crippen MR) is 77.9 cm³/mol. The lowest BCUT2D eigenvalue weighted by atomic mass is 10.1. The Morgan fingerprint density at radius 1 is 1.28 bits per heavy atom. The van der Waals surface area contributed by atoms with E-state index in [4.69, 9.17) is 10.5 Å². The highest BCUT2D eigenvalue weighted by molar-refractivity contribution is 5.54. The van der Waals surface area contributed by atoms with Crippen molar-refractivity contribution in [3.63, 3.8) is 0 Å². The van der Waals surface area contributed by atoms with Crippen molar-refractivity contribution in [2.24, 2.45) is 0 Å². The van der Waals surface area contributed by atoms with Gasteiger partial charge in [-0.1, -0.05) is 18.2 Å². The molecule has 0 bridgehead atoms. The van der Waals surface area contributed by atoms with E-state index in [1.807, 2.05) is 24.3 Å². The molecule has 3 nitrogen and oxygen atoms in total. The minimum atomic E-state index is 0.689. The number of benzene rings is 1. The summed E-state index contributed by atoms with van der Waals surface area (Å²) >= 11 is 0. The molecular formula is C15H22N2O. The number of methoxy groups -OCH3 is 1. The van der Waals surface area contributed by atoms with Crippen LogP contribution < -0.4 is 10.5 Å². The van der Waals surface area contributed by atoms with Gasteiger partial charge in [0.25, 0.3) is 0 Å². The van der Waals surface area contributed by atoms with Crippen molar-refractivity contribution < 1.29 is 4.74 Å². The molecule has 98 valence electrons. The largest absolute Gasteiger partial charge is 0.495 e. The Labute approximate surface area is 110 Å². The highest BCUT2D eigenvalue weighted by Gasteiger charge is 2.04. The van der Waals surface area contributed by atoms with Crippen molar-refractivity contribution in [1.29, 1.82) is 0 Å². The molecule has 0 saturated heterocycles. The van der Waals surface area contributed by atoms with Gasteiger partial charge < -0.3 is 10.5 Å². The fourth-order valence-corrected chi connectivity index (χ4v) is 1.85. The van der Waals surface area contributed by atoms with Crippen LogP contribution in [0.1, 0.15) is 5.56 Å². The molecule has 0 aliphatic carbocycles. The van der Waals surface area contributed by atoms with E-state index in [2.05, 4.69) is 24.1 Å². The first-order chi connectivity index (χ1) is 8.71. The second kappa shape index (κ2) is 7.56. The Morgan fingerprint density at radius 3 is 2.44 bits per heavy atom. The molecule has 1 aromatic carbocycles. The van der Waals surface area contributed by atoms with E-state index in [0.29, 0.717) is 5.69 Å². The van der Waals surface area contributed by atoms with Gasteiger partial charge in [0.15, 0.2) is 0 Å². The number of nitrogens with zero attached hydrogens (tertiary/aromatic N) is 1. The van der Waals surface area contributed by atoms with Gasteiger partial charge in [-0.25, -0.2) is 0 Å². The first-order valence-corrected chi connectivity index (χ1v) is 6.07. The fourth-order valence-electron chi connectivity index (χ4n) is 1.85. The van der Waals surface area contributed by atoms with Gasteiger partial charge in [-0.2, -0.15) is 0 Å². The highest BCUT2D eigenvalue weighted by Crippen LogP contribution is 2.22. The summed E-state index contributed by atoms with van der Waals surface area (Å²) in [6, 6.07) is 5.93. The molecule has 0 heterocycles. The molecule has 1 aromatic rings. The number of rotatable bonds is 8. The molecule has 0 atom stereocenters. The SMILES string of the molecule is C=CCN(CC=C)CCc1ccc(OC)c(N)c1. The highest BCUT2D eigenvalue weighted by atomic mass is 16.5. The van der Waals surface area contributed by atoms with E-state index in [0.717, 1.165) is 31.8 Å². The van der Waals surface area contributed by atoms with Gasteiger partial charge in [0, 0.05) is 19.6 Å². The predicted octanol–water partition coefficient (Wildman–Crippen LogP) is 2.49. The minimum Gasteiger partial charge on any atom is -0.495 e. The van der Waals surface area contributed by atoms with Crippen LogP contribution in [0.15, 0.2) is 43.5 Å². The van der Waals surface area contributed by atoms with Crippen LogP contribution in [-0.2, 0) is 6.42 Å². The fraction of sp³-hybridized carbons (Fsp3) is 0.333. The minimum absolute atomic E-state index is 0.689. The van der Waals surface area contributed by atoms with Crippen LogP contribution in [0.4, 0.5) is 5.69 Å². The van der Waals surface area contributed by atoms with E-state index in [9.17, 15) is 0 Å². The van der Waals surface area contributed by atoms with E-state index in [1.54, 1.807) is 7.11 Å². The van der Waals surface area contributed by atoms with E-state index in [1.165, 1.54) is 5.56 Å². The normalized spacial score (nSPS) is 10.3. The summed E-state index contributed by atoms with van der Waals surface area (Å²) in [5.41, 5.74) is 7.79. The van der Waals surface area contributed by atoms with Gasteiger partial charge in [-0.3, -0.25) is 4.90 Å². The molecule has 0 unspecified atom stereocenters. The first-order valence-electron chi connectivity index (χ1n) is 6.07. The Morgan fingerprint density at radius 2 is 1.94 bits per heavy atom. The molecule has 0 amide bonds. The average Bonchev–Trinajstić information content (AvgIpc) is 2.36. The van der Waals surface area contributed by atoms with Gasteiger partial charge >= 0.3 is 0 Å². The molecule has 18 heavy (non-hydrogen) atoms. The first kappa shape index (κ1) is 14.3. The van der Waals surface area contributed by atoms with E-state index >= 15 is 0 Å². The van der Waals surface area contributed by atoms with E-state index < -0.39 is 0 Å². The molecule has 0 spiro atoms.